The van der Waals surface area contributed by atoms with Gasteiger partial charge in [0.25, 0.3) is 0 Å². The predicted molar refractivity (Wildman–Crippen MR) is 55.6 cm³/mol. The molecule has 0 aromatic rings. The van der Waals surface area contributed by atoms with Crippen molar-refractivity contribution in [2.24, 2.45) is 0 Å². The van der Waals surface area contributed by atoms with E-state index in [1.807, 2.05) is 6.07 Å². The van der Waals surface area contributed by atoms with Crippen molar-refractivity contribution in [2.45, 2.75) is 38.3 Å². The van der Waals surface area contributed by atoms with Crippen molar-refractivity contribution in [1.82, 2.24) is 4.72 Å². The summed E-state index contributed by atoms with van der Waals surface area (Å²) in [6, 6.07) is 1.89. The highest BCUT2D eigenvalue weighted by Gasteiger charge is 2.28. The van der Waals surface area contributed by atoms with E-state index in [1.54, 1.807) is 0 Å². The number of nitrogens with one attached hydrogen (secondary N) is 1. The fourth-order valence-electron chi connectivity index (χ4n) is 1.47. The lowest BCUT2D eigenvalue weighted by Gasteiger charge is -2.19. The molecule has 0 radical (unpaired) electrons. The van der Waals surface area contributed by atoms with Crippen LogP contribution in [-0.2, 0) is 14.8 Å². The Kier molecular flexibility index (Phi) is 3.71. The van der Waals surface area contributed by atoms with Crippen molar-refractivity contribution < 1.29 is 13.2 Å². The summed E-state index contributed by atoms with van der Waals surface area (Å²) in [5.41, 5.74) is -1.06. The Labute approximate surface area is 90.5 Å². The molecule has 0 spiro atoms. The minimum atomic E-state index is -3.43. The van der Waals surface area contributed by atoms with Crippen LogP contribution in [0.25, 0.3) is 0 Å². The Morgan fingerprint density at radius 1 is 1.60 bits per heavy atom. The molecule has 0 aliphatic carbocycles. The average Bonchev–Trinajstić information content (AvgIpc) is 2.54. The first-order chi connectivity index (χ1) is 6.85. The lowest BCUT2D eigenvalue weighted by molar-refractivity contribution is 0.127. The third-order valence-electron chi connectivity index (χ3n) is 2.12. The molecular formula is C9H16N2O3S. The summed E-state index contributed by atoms with van der Waals surface area (Å²) in [6.45, 7) is 3.68. The molecule has 1 fully saturated rings. The molecule has 0 saturated carbocycles. The van der Waals surface area contributed by atoms with E-state index in [4.69, 9.17) is 10.00 Å². The van der Waals surface area contributed by atoms with Gasteiger partial charge in [-0.25, -0.2) is 8.42 Å². The largest absolute Gasteiger partial charge is 0.377 e. The molecule has 1 atom stereocenters. The molecule has 0 aromatic heterocycles. The van der Waals surface area contributed by atoms with Gasteiger partial charge in [-0.1, -0.05) is 0 Å². The maximum absolute atomic E-state index is 11.6. The van der Waals surface area contributed by atoms with Gasteiger partial charge < -0.3 is 4.74 Å². The molecule has 1 saturated heterocycles. The van der Waals surface area contributed by atoms with Crippen molar-refractivity contribution >= 4 is 10.0 Å². The molecule has 0 aromatic carbocycles. The van der Waals surface area contributed by atoms with Gasteiger partial charge >= 0.3 is 0 Å². The van der Waals surface area contributed by atoms with Crippen LogP contribution in [0, 0.1) is 11.3 Å². The topological polar surface area (TPSA) is 79.2 Å². The van der Waals surface area contributed by atoms with Crippen LogP contribution < -0.4 is 4.72 Å². The number of rotatable bonds is 4. The summed E-state index contributed by atoms with van der Waals surface area (Å²) in [6.07, 6.45) is 1.45. The van der Waals surface area contributed by atoms with Crippen LogP contribution in [-0.4, -0.2) is 32.4 Å². The van der Waals surface area contributed by atoms with E-state index in [0.717, 1.165) is 12.8 Å². The zero-order valence-electron chi connectivity index (χ0n) is 8.99. The van der Waals surface area contributed by atoms with E-state index in [0.29, 0.717) is 6.61 Å². The van der Waals surface area contributed by atoms with Crippen LogP contribution in [0.3, 0.4) is 0 Å². The summed E-state index contributed by atoms with van der Waals surface area (Å²) in [7, 11) is -3.43. The highest BCUT2D eigenvalue weighted by atomic mass is 32.2. The van der Waals surface area contributed by atoms with E-state index in [1.165, 1.54) is 13.8 Å². The Bertz CT molecular complexity index is 350. The smallest absolute Gasteiger partial charge is 0.215 e. The molecule has 5 nitrogen and oxygen atoms in total. The third kappa shape index (κ3) is 4.16. The van der Waals surface area contributed by atoms with Gasteiger partial charge in [0.15, 0.2) is 0 Å². The number of hydrogen-bond donors (Lipinski definition) is 1. The quantitative estimate of drug-likeness (QED) is 0.760. The fraction of sp³-hybridized carbons (Fsp3) is 0.889. The second-order valence-corrected chi connectivity index (χ2v) is 6.02. The average molecular weight is 232 g/mol. The molecule has 1 N–H and O–H groups in total. The molecule has 0 amide bonds. The van der Waals surface area contributed by atoms with Gasteiger partial charge in [-0.15, -0.1) is 0 Å². The lowest BCUT2D eigenvalue weighted by atomic mass is 10.1. The normalized spacial score (nSPS) is 22.6. The standard InChI is InChI=1S/C9H16N2O3S/c1-9(2,7-10)11-15(12,13)6-8-4-3-5-14-8/h8,11H,3-6H2,1-2H3. The first-order valence-electron chi connectivity index (χ1n) is 4.89. The zero-order valence-corrected chi connectivity index (χ0v) is 9.80. The number of ether oxygens (including phenoxy) is 1. The second kappa shape index (κ2) is 4.47. The Morgan fingerprint density at radius 2 is 2.27 bits per heavy atom. The summed E-state index contributed by atoms with van der Waals surface area (Å²) in [5.74, 6) is -0.0574. The van der Waals surface area contributed by atoms with Crippen LogP contribution in [0.4, 0.5) is 0 Å². The van der Waals surface area contributed by atoms with Crippen molar-refractivity contribution in [3.05, 3.63) is 0 Å². The van der Waals surface area contributed by atoms with Crippen LogP contribution in [0.5, 0.6) is 0 Å². The van der Waals surface area contributed by atoms with E-state index in [9.17, 15) is 8.42 Å². The molecule has 1 rings (SSSR count). The molecule has 86 valence electrons. The molecule has 1 unspecified atom stereocenters. The SMILES string of the molecule is CC(C)(C#N)NS(=O)(=O)CC1CCCO1. The molecule has 1 aliphatic heterocycles. The number of nitrogens with zero attached hydrogens (tertiary/aromatic N) is 1. The van der Waals surface area contributed by atoms with Gasteiger partial charge in [0.2, 0.25) is 10.0 Å². The Balaban J connectivity index is 2.56. The highest BCUT2D eigenvalue weighted by molar-refractivity contribution is 7.89. The van der Waals surface area contributed by atoms with Gasteiger partial charge in [-0.3, -0.25) is 0 Å². The van der Waals surface area contributed by atoms with Crippen molar-refractivity contribution in [1.29, 1.82) is 5.26 Å². The summed E-state index contributed by atoms with van der Waals surface area (Å²) >= 11 is 0. The summed E-state index contributed by atoms with van der Waals surface area (Å²) in [4.78, 5) is 0. The van der Waals surface area contributed by atoms with E-state index in [2.05, 4.69) is 4.72 Å². The minimum absolute atomic E-state index is 0.0574. The maximum Gasteiger partial charge on any atom is 0.215 e. The van der Waals surface area contributed by atoms with Crippen LogP contribution in [0.2, 0.25) is 0 Å². The maximum atomic E-state index is 11.6. The fourth-order valence-corrected chi connectivity index (χ4v) is 3.13. The highest BCUT2D eigenvalue weighted by Crippen LogP contribution is 2.14. The second-order valence-electron chi connectivity index (χ2n) is 4.26. The van der Waals surface area contributed by atoms with Gasteiger partial charge in [-0.2, -0.15) is 9.98 Å². The van der Waals surface area contributed by atoms with Crippen LogP contribution in [0.1, 0.15) is 26.7 Å². The minimum Gasteiger partial charge on any atom is -0.377 e. The number of nitriles is 1. The van der Waals surface area contributed by atoms with Gasteiger partial charge in [0.1, 0.15) is 5.54 Å². The summed E-state index contributed by atoms with van der Waals surface area (Å²) in [5, 5.41) is 8.71. The number of sulfonamides is 1. The molecule has 6 heteroatoms. The first-order valence-corrected chi connectivity index (χ1v) is 6.54. The molecule has 0 bridgehead atoms. The summed E-state index contributed by atoms with van der Waals surface area (Å²) < 4.78 is 30.8. The first kappa shape index (κ1) is 12.4. The predicted octanol–water partition coefficient (Wildman–Crippen LogP) is 0.387. The number of hydrogen-bond acceptors (Lipinski definition) is 4. The van der Waals surface area contributed by atoms with E-state index >= 15 is 0 Å². The zero-order chi connectivity index (χ0) is 11.5. The molecule has 1 heterocycles. The molecule has 15 heavy (non-hydrogen) atoms. The lowest BCUT2D eigenvalue weighted by Crippen LogP contribution is -2.44. The van der Waals surface area contributed by atoms with E-state index < -0.39 is 15.6 Å². The van der Waals surface area contributed by atoms with Crippen LogP contribution >= 0.6 is 0 Å². The van der Waals surface area contributed by atoms with Gasteiger partial charge in [0.05, 0.1) is 17.9 Å². The molecular weight excluding hydrogens is 216 g/mol. The Hall–Kier alpha value is -0.640. The third-order valence-corrected chi connectivity index (χ3v) is 3.75. The van der Waals surface area contributed by atoms with Crippen molar-refractivity contribution in [2.75, 3.05) is 12.4 Å². The van der Waals surface area contributed by atoms with Crippen LogP contribution in [0.15, 0.2) is 0 Å². The van der Waals surface area contributed by atoms with Crippen molar-refractivity contribution in [3.63, 3.8) is 0 Å². The van der Waals surface area contributed by atoms with Crippen molar-refractivity contribution in [3.8, 4) is 6.07 Å². The van der Waals surface area contributed by atoms with Gasteiger partial charge in [-0.05, 0) is 26.7 Å². The Morgan fingerprint density at radius 3 is 2.73 bits per heavy atom. The molecule has 1 aliphatic rings. The van der Waals surface area contributed by atoms with E-state index in [-0.39, 0.29) is 11.9 Å². The van der Waals surface area contributed by atoms with Gasteiger partial charge in [0, 0.05) is 6.61 Å². The monoisotopic (exact) mass is 232 g/mol.